The van der Waals surface area contributed by atoms with Gasteiger partial charge in [0.25, 0.3) is 6.43 Å². The Morgan fingerprint density at radius 2 is 1.86 bits per heavy atom. The van der Waals surface area contributed by atoms with Crippen molar-refractivity contribution in [3.05, 3.63) is 35.9 Å². The van der Waals surface area contributed by atoms with Crippen molar-refractivity contribution in [1.29, 1.82) is 0 Å². The summed E-state index contributed by atoms with van der Waals surface area (Å²) in [5.41, 5.74) is 6.25. The molecule has 0 bridgehead atoms. The van der Waals surface area contributed by atoms with Crippen molar-refractivity contribution in [2.24, 2.45) is 5.73 Å². The third-order valence-electron chi connectivity index (χ3n) is 1.81. The zero-order chi connectivity index (χ0) is 10.4. The van der Waals surface area contributed by atoms with Gasteiger partial charge < -0.3 is 10.5 Å². The highest BCUT2D eigenvalue weighted by Gasteiger charge is 2.12. The van der Waals surface area contributed by atoms with Crippen molar-refractivity contribution in [2.75, 3.05) is 13.2 Å². The maximum Gasteiger partial charge on any atom is 0.261 e. The molecule has 0 saturated carbocycles. The van der Waals surface area contributed by atoms with Crippen LogP contribution in [0.4, 0.5) is 8.78 Å². The summed E-state index contributed by atoms with van der Waals surface area (Å²) in [5, 5.41) is 0. The molecule has 1 unspecified atom stereocenters. The predicted molar refractivity (Wildman–Crippen MR) is 50.2 cm³/mol. The topological polar surface area (TPSA) is 35.2 Å². The molecular weight excluding hydrogens is 188 g/mol. The first-order chi connectivity index (χ1) is 6.74. The molecule has 4 heteroatoms. The van der Waals surface area contributed by atoms with Crippen LogP contribution in [-0.2, 0) is 4.74 Å². The van der Waals surface area contributed by atoms with Gasteiger partial charge in [-0.15, -0.1) is 0 Å². The van der Waals surface area contributed by atoms with Gasteiger partial charge in [-0.25, -0.2) is 8.78 Å². The van der Waals surface area contributed by atoms with E-state index in [1.54, 1.807) is 0 Å². The second-order valence-electron chi connectivity index (χ2n) is 2.86. The minimum Gasteiger partial charge on any atom is -0.366 e. The van der Waals surface area contributed by atoms with Crippen molar-refractivity contribution in [3.8, 4) is 0 Å². The summed E-state index contributed by atoms with van der Waals surface area (Å²) in [7, 11) is 0. The number of halogens is 2. The first-order valence-electron chi connectivity index (χ1n) is 4.38. The van der Waals surface area contributed by atoms with Crippen LogP contribution in [0.3, 0.4) is 0 Å². The lowest BCUT2D eigenvalue weighted by molar-refractivity contribution is -0.0216. The summed E-state index contributed by atoms with van der Waals surface area (Å²) in [6, 6.07) is 9.11. The van der Waals surface area contributed by atoms with E-state index in [0.29, 0.717) is 0 Å². The van der Waals surface area contributed by atoms with Crippen molar-refractivity contribution in [2.45, 2.75) is 12.5 Å². The van der Waals surface area contributed by atoms with Gasteiger partial charge in [-0.05, 0) is 5.56 Å². The fraction of sp³-hybridized carbons (Fsp3) is 0.400. The van der Waals surface area contributed by atoms with Gasteiger partial charge >= 0.3 is 0 Å². The summed E-state index contributed by atoms with van der Waals surface area (Å²) in [4.78, 5) is 0. The van der Waals surface area contributed by atoms with Gasteiger partial charge in [-0.2, -0.15) is 0 Å². The quantitative estimate of drug-likeness (QED) is 0.790. The van der Waals surface area contributed by atoms with E-state index in [9.17, 15) is 8.78 Å². The molecule has 0 aromatic heterocycles. The highest BCUT2D eigenvalue weighted by molar-refractivity contribution is 5.17. The molecule has 14 heavy (non-hydrogen) atoms. The van der Waals surface area contributed by atoms with E-state index in [0.717, 1.165) is 5.56 Å². The normalized spacial score (nSPS) is 13.1. The monoisotopic (exact) mass is 201 g/mol. The van der Waals surface area contributed by atoms with Crippen molar-refractivity contribution in [1.82, 2.24) is 0 Å². The van der Waals surface area contributed by atoms with Crippen molar-refractivity contribution in [3.63, 3.8) is 0 Å². The number of nitrogens with two attached hydrogens (primary N) is 1. The van der Waals surface area contributed by atoms with Gasteiger partial charge in [0.2, 0.25) is 0 Å². The van der Waals surface area contributed by atoms with Crippen LogP contribution in [0.15, 0.2) is 30.3 Å². The molecule has 1 aromatic carbocycles. The van der Waals surface area contributed by atoms with Crippen LogP contribution in [0.5, 0.6) is 0 Å². The van der Waals surface area contributed by atoms with E-state index < -0.39 is 19.1 Å². The summed E-state index contributed by atoms with van der Waals surface area (Å²) < 4.78 is 28.7. The summed E-state index contributed by atoms with van der Waals surface area (Å²) in [5.74, 6) is 0. The second-order valence-corrected chi connectivity index (χ2v) is 2.86. The van der Waals surface area contributed by atoms with Crippen LogP contribution < -0.4 is 5.73 Å². The van der Waals surface area contributed by atoms with Crippen LogP contribution in [0, 0.1) is 0 Å². The Morgan fingerprint density at radius 1 is 1.21 bits per heavy atom. The molecule has 0 spiro atoms. The van der Waals surface area contributed by atoms with E-state index in [1.165, 1.54) is 0 Å². The summed E-state index contributed by atoms with van der Waals surface area (Å²) in [6.45, 7) is -0.368. The lowest BCUT2D eigenvalue weighted by Crippen LogP contribution is -2.18. The Kier molecular flexibility index (Phi) is 4.49. The molecule has 1 rings (SSSR count). The third-order valence-corrected chi connectivity index (χ3v) is 1.81. The molecule has 2 N–H and O–H groups in total. The first kappa shape index (κ1) is 11.1. The fourth-order valence-corrected chi connectivity index (χ4v) is 1.16. The molecule has 1 atom stereocenters. The number of hydrogen-bond donors (Lipinski definition) is 1. The van der Waals surface area contributed by atoms with E-state index in [1.807, 2.05) is 30.3 Å². The van der Waals surface area contributed by atoms with Crippen LogP contribution in [0.1, 0.15) is 11.7 Å². The molecule has 0 saturated heterocycles. The maximum atomic E-state index is 11.9. The van der Waals surface area contributed by atoms with Gasteiger partial charge in [-0.3, -0.25) is 0 Å². The van der Waals surface area contributed by atoms with Gasteiger partial charge in [-0.1, -0.05) is 30.3 Å². The molecule has 0 aliphatic carbocycles. The SMILES string of the molecule is NCC(OCC(F)F)c1ccccc1. The van der Waals surface area contributed by atoms with E-state index in [2.05, 4.69) is 0 Å². The summed E-state index contributed by atoms with van der Waals surface area (Å²) >= 11 is 0. The molecule has 0 aliphatic heterocycles. The van der Waals surface area contributed by atoms with Gasteiger partial charge in [0.1, 0.15) is 6.61 Å². The van der Waals surface area contributed by atoms with E-state index in [4.69, 9.17) is 10.5 Å². The number of hydrogen-bond acceptors (Lipinski definition) is 2. The minimum atomic E-state index is -2.45. The molecule has 1 aromatic rings. The van der Waals surface area contributed by atoms with Gasteiger partial charge in [0.05, 0.1) is 6.10 Å². The van der Waals surface area contributed by atoms with Crippen LogP contribution >= 0.6 is 0 Å². The average Bonchev–Trinajstić information content (AvgIpc) is 2.20. The zero-order valence-corrected chi connectivity index (χ0v) is 7.70. The standard InChI is InChI=1S/C10H13F2NO/c11-10(12)7-14-9(6-13)8-4-2-1-3-5-8/h1-5,9-10H,6-7,13H2. The Bertz CT molecular complexity index is 254. The molecule has 78 valence electrons. The Labute approximate surface area is 81.7 Å². The average molecular weight is 201 g/mol. The molecule has 2 nitrogen and oxygen atoms in total. The smallest absolute Gasteiger partial charge is 0.261 e. The van der Waals surface area contributed by atoms with Crippen LogP contribution in [0.2, 0.25) is 0 Å². The lowest BCUT2D eigenvalue weighted by Gasteiger charge is -2.15. The first-order valence-corrected chi connectivity index (χ1v) is 4.38. The Balaban J connectivity index is 2.54. The number of ether oxygens (including phenoxy) is 1. The lowest BCUT2D eigenvalue weighted by atomic mass is 10.1. The van der Waals surface area contributed by atoms with Crippen LogP contribution in [-0.4, -0.2) is 19.6 Å². The number of benzene rings is 1. The van der Waals surface area contributed by atoms with Gasteiger partial charge in [0, 0.05) is 6.54 Å². The van der Waals surface area contributed by atoms with E-state index in [-0.39, 0.29) is 6.54 Å². The van der Waals surface area contributed by atoms with Crippen molar-refractivity contribution >= 4 is 0 Å². The molecule has 0 fully saturated rings. The zero-order valence-electron chi connectivity index (χ0n) is 7.70. The van der Waals surface area contributed by atoms with Crippen molar-refractivity contribution < 1.29 is 13.5 Å². The highest BCUT2D eigenvalue weighted by Crippen LogP contribution is 2.16. The molecule has 0 aliphatic rings. The molecule has 0 heterocycles. The second kappa shape index (κ2) is 5.67. The molecular formula is C10H13F2NO. The highest BCUT2D eigenvalue weighted by atomic mass is 19.3. The van der Waals surface area contributed by atoms with E-state index >= 15 is 0 Å². The fourth-order valence-electron chi connectivity index (χ4n) is 1.16. The summed E-state index contributed by atoms with van der Waals surface area (Å²) in [6.07, 6.45) is -2.89. The predicted octanol–water partition coefficient (Wildman–Crippen LogP) is 1.97. The number of rotatable bonds is 5. The Morgan fingerprint density at radius 3 is 2.36 bits per heavy atom. The number of alkyl halides is 2. The molecule has 0 radical (unpaired) electrons. The third kappa shape index (κ3) is 3.40. The maximum absolute atomic E-state index is 11.9. The largest absolute Gasteiger partial charge is 0.366 e. The minimum absolute atomic E-state index is 0.205. The van der Waals surface area contributed by atoms with Crippen LogP contribution in [0.25, 0.3) is 0 Å². The Hall–Kier alpha value is -1.00. The molecule has 0 amide bonds. The van der Waals surface area contributed by atoms with Gasteiger partial charge in [0.15, 0.2) is 0 Å².